The minimum Gasteiger partial charge on any atom is -0.493 e. The Bertz CT molecular complexity index is 336. The van der Waals surface area contributed by atoms with Gasteiger partial charge in [-0.25, -0.2) is 9.18 Å². The van der Waals surface area contributed by atoms with Gasteiger partial charge in [0.15, 0.2) is 0 Å². The quantitative estimate of drug-likeness (QED) is 0.804. The van der Waals surface area contributed by atoms with Gasteiger partial charge in [0, 0.05) is 6.07 Å². The number of benzene rings is 1. The van der Waals surface area contributed by atoms with E-state index in [2.05, 4.69) is 6.92 Å². The Morgan fingerprint density at radius 1 is 1.57 bits per heavy atom. The van der Waals surface area contributed by atoms with E-state index in [1.165, 1.54) is 12.1 Å². The molecule has 1 radical (unpaired) electrons. The normalized spacial score (nSPS) is 9.86. The maximum Gasteiger partial charge on any atom is 0.338 e. The number of ether oxygens (including phenoxy) is 1. The zero-order chi connectivity index (χ0) is 10.6. The molecule has 3 nitrogen and oxygen atoms in total. The second-order valence-corrected chi connectivity index (χ2v) is 2.65. The maximum atomic E-state index is 13.1. The van der Waals surface area contributed by atoms with Gasteiger partial charge in [-0.2, -0.15) is 0 Å². The van der Waals surface area contributed by atoms with Gasteiger partial charge in [-0.1, -0.05) is 0 Å². The molecule has 75 valence electrons. The molecule has 1 rings (SSSR count). The predicted molar refractivity (Wildman–Crippen MR) is 48.8 cm³/mol. The van der Waals surface area contributed by atoms with E-state index in [-0.39, 0.29) is 5.56 Å². The summed E-state index contributed by atoms with van der Waals surface area (Å²) in [5, 5.41) is 8.54. The molecular weight excluding hydrogens is 187 g/mol. The molecule has 0 unspecified atom stereocenters. The summed E-state index contributed by atoms with van der Waals surface area (Å²) in [5.74, 6) is -1.76. The van der Waals surface area contributed by atoms with E-state index in [4.69, 9.17) is 9.84 Å². The summed E-state index contributed by atoms with van der Waals surface area (Å²) in [6, 6.07) is 3.65. The van der Waals surface area contributed by atoms with Gasteiger partial charge in [-0.15, -0.1) is 0 Å². The highest BCUT2D eigenvalue weighted by molar-refractivity contribution is 5.88. The van der Waals surface area contributed by atoms with Crippen molar-refractivity contribution in [2.24, 2.45) is 0 Å². The van der Waals surface area contributed by atoms with Gasteiger partial charge in [0.05, 0.1) is 12.2 Å². The first-order chi connectivity index (χ1) is 6.65. The third-order valence-corrected chi connectivity index (χ3v) is 1.58. The number of hydrogen-bond donors (Lipinski definition) is 1. The molecule has 4 heteroatoms. The first-order valence-electron chi connectivity index (χ1n) is 4.10. The molecule has 0 bridgehead atoms. The van der Waals surface area contributed by atoms with Crippen LogP contribution < -0.4 is 4.74 Å². The summed E-state index contributed by atoms with van der Waals surface area (Å²) in [6.45, 7) is 3.94. The largest absolute Gasteiger partial charge is 0.493 e. The molecule has 1 aromatic rings. The molecular formula is C10H10FO3. The molecule has 0 spiro atoms. The topological polar surface area (TPSA) is 46.5 Å². The number of halogens is 1. The van der Waals surface area contributed by atoms with Crippen LogP contribution in [0.3, 0.4) is 0 Å². The van der Waals surface area contributed by atoms with Gasteiger partial charge in [0.2, 0.25) is 0 Å². The second-order valence-electron chi connectivity index (χ2n) is 2.65. The molecule has 0 aromatic heterocycles. The smallest absolute Gasteiger partial charge is 0.338 e. The van der Waals surface area contributed by atoms with Crippen LogP contribution in [0.25, 0.3) is 0 Å². The van der Waals surface area contributed by atoms with Crippen LogP contribution in [0.1, 0.15) is 16.8 Å². The van der Waals surface area contributed by atoms with E-state index in [9.17, 15) is 9.18 Å². The fourth-order valence-electron chi connectivity index (χ4n) is 0.949. The van der Waals surface area contributed by atoms with E-state index < -0.39 is 11.8 Å². The van der Waals surface area contributed by atoms with Crippen molar-refractivity contribution in [1.29, 1.82) is 0 Å². The van der Waals surface area contributed by atoms with Gasteiger partial charge >= 0.3 is 5.97 Å². The number of rotatable bonds is 4. The van der Waals surface area contributed by atoms with Gasteiger partial charge in [0.25, 0.3) is 0 Å². The van der Waals surface area contributed by atoms with Crippen LogP contribution in [0.2, 0.25) is 0 Å². The molecule has 0 amide bonds. The lowest BCUT2D eigenvalue weighted by molar-refractivity contribution is 0.0692. The Balaban J connectivity index is 2.83. The van der Waals surface area contributed by atoms with Crippen LogP contribution in [0, 0.1) is 12.7 Å². The van der Waals surface area contributed by atoms with Crippen LogP contribution in [-0.2, 0) is 0 Å². The lowest BCUT2D eigenvalue weighted by Crippen LogP contribution is -2.01. The molecule has 14 heavy (non-hydrogen) atoms. The molecule has 1 N–H and O–H groups in total. The Kier molecular flexibility index (Phi) is 3.45. The lowest BCUT2D eigenvalue weighted by Gasteiger charge is -2.04. The highest BCUT2D eigenvalue weighted by atomic mass is 19.1. The van der Waals surface area contributed by atoms with Crippen LogP contribution in [0.15, 0.2) is 18.2 Å². The number of carboxylic acid groups (broad SMARTS) is 1. The fourth-order valence-corrected chi connectivity index (χ4v) is 0.949. The van der Waals surface area contributed by atoms with Crippen molar-refractivity contribution >= 4 is 5.97 Å². The highest BCUT2D eigenvalue weighted by Crippen LogP contribution is 2.16. The third-order valence-electron chi connectivity index (χ3n) is 1.58. The van der Waals surface area contributed by atoms with Crippen molar-refractivity contribution in [1.82, 2.24) is 0 Å². The number of hydrogen-bond acceptors (Lipinski definition) is 2. The van der Waals surface area contributed by atoms with E-state index in [0.717, 1.165) is 6.07 Å². The van der Waals surface area contributed by atoms with Crippen molar-refractivity contribution < 1.29 is 19.0 Å². The monoisotopic (exact) mass is 197 g/mol. The maximum absolute atomic E-state index is 13.1. The van der Waals surface area contributed by atoms with Crippen LogP contribution >= 0.6 is 0 Å². The van der Waals surface area contributed by atoms with Crippen molar-refractivity contribution in [3.05, 3.63) is 36.5 Å². The summed E-state index contributed by atoms with van der Waals surface area (Å²) in [7, 11) is 0. The summed E-state index contributed by atoms with van der Waals surface area (Å²) >= 11 is 0. The Hall–Kier alpha value is -1.58. The Morgan fingerprint density at radius 3 is 2.79 bits per heavy atom. The minimum absolute atomic E-state index is 0.316. The average molecular weight is 197 g/mol. The molecule has 1 aromatic carbocycles. The summed E-state index contributed by atoms with van der Waals surface area (Å²) in [4.78, 5) is 10.5. The van der Waals surface area contributed by atoms with Crippen molar-refractivity contribution in [3.63, 3.8) is 0 Å². The lowest BCUT2D eigenvalue weighted by atomic mass is 10.2. The minimum atomic E-state index is -1.29. The summed E-state index contributed by atoms with van der Waals surface area (Å²) < 4.78 is 18.1. The molecule has 0 aliphatic carbocycles. The Morgan fingerprint density at radius 2 is 2.29 bits per heavy atom. The van der Waals surface area contributed by atoms with Crippen LogP contribution in [-0.4, -0.2) is 17.7 Å². The van der Waals surface area contributed by atoms with E-state index in [1.807, 2.05) is 0 Å². The molecule has 0 aliphatic heterocycles. The number of aromatic carboxylic acids is 1. The van der Waals surface area contributed by atoms with Gasteiger partial charge < -0.3 is 9.84 Å². The molecule has 0 aliphatic rings. The average Bonchev–Trinajstić information content (AvgIpc) is 2.14. The highest BCUT2D eigenvalue weighted by Gasteiger charge is 2.10. The van der Waals surface area contributed by atoms with Crippen LogP contribution in [0.5, 0.6) is 5.75 Å². The molecule has 0 fully saturated rings. The predicted octanol–water partition coefficient (Wildman–Crippen LogP) is 2.13. The molecule has 0 atom stereocenters. The van der Waals surface area contributed by atoms with Crippen molar-refractivity contribution in [3.8, 4) is 5.75 Å². The SMILES string of the molecule is [CH2]CCOc1ccc(C(=O)O)c(F)c1. The van der Waals surface area contributed by atoms with Crippen LogP contribution in [0.4, 0.5) is 4.39 Å². The standard InChI is InChI=1S/C10H10FO3/c1-2-5-14-7-3-4-8(10(12)13)9(11)6-7/h3-4,6H,1-2,5H2,(H,12,13). The van der Waals surface area contributed by atoms with Gasteiger partial charge in [0.1, 0.15) is 11.6 Å². The summed E-state index contributed by atoms with van der Waals surface area (Å²) in [6.07, 6.45) is 0.572. The molecule has 0 saturated heterocycles. The number of carbonyl (C=O) groups is 1. The van der Waals surface area contributed by atoms with E-state index in [1.54, 1.807) is 0 Å². The van der Waals surface area contributed by atoms with Crippen molar-refractivity contribution in [2.45, 2.75) is 6.42 Å². The van der Waals surface area contributed by atoms with Crippen molar-refractivity contribution in [2.75, 3.05) is 6.61 Å². The number of carboxylic acids is 1. The first-order valence-corrected chi connectivity index (χ1v) is 4.10. The second kappa shape index (κ2) is 4.60. The third kappa shape index (κ3) is 2.45. The van der Waals surface area contributed by atoms with E-state index in [0.29, 0.717) is 18.8 Å². The van der Waals surface area contributed by atoms with Gasteiger partial charge in [-0.3, -0.25) is 0 Å². The Labute approximate surface area is 81.1 Å². The zero-order valence-corrected chi connectivity index (χ0v) is 7.50. The molecule has 0 heterocycles. The zero-order valence-electron chi connectivity index (χ0n) is 7.50. The first kappa shape index (κ1) is 10.5. The molecule has 0 saturated carbocycles. The fraction of sp³-hybridized carbons (Fsp3) is 0.200. The van der Waals surface area contributed by atoms with E-state index >= 15 is 0 Å². The summed E-state index contributed by atoms with van der Waals surface area (Å²) in [5.41, 5.74) is -0.355. The van der Waals surface area contributed by atoms with Gasteiger partial charge in [-0.05, 0) is 25.5 Å².